The van der Waals surface area contributed by atoms with Crippen molar-refractivity contribution in [2.75, 3.05) is 20.6 Å². The Morgan fingerprint density at radius 2 is 1.57 bits per heavy atom. The van der Waals surface area contributed by atoms with Crippen molar-refractivity contribution < 1.29 is 18.7 Å². The number of fused-ring (bicyclic) bond motifs is 1. The standard InChI is InChI=1S/C28H34FN3O3/c1-26(2,3)35-25(34)31(5)28-16-27(17-28,18-28)30(4)24(33)32-15-14-19-8-6-7-9-22(19)23(32)20-10-12-21(29)13-11-20/h6-13,23H,14-18H2,1-5H3/t23-,27?,28?/m0/s1. The molecule has 1 heterocycles. The Morgan fingerprint density at radius 1 is 0.971 bits per heavy atom. The number of hydrogen-bond acceptors (Lipinski definition) is 3. The molecule has 0 unspecified atom stereocenters. The normalized spacial score (nSPS) is 26.7. The maximum atomic E-state index is 13.9. The third-order valence-corrected chi connectivity index (χ3v) is 8.07. The van der Waals surface area contributed by atoms with Crippen molar-refractivity contribution in [3.8, 4) is 0 Å². The van der Waals surface area contributed by atoms with Gasteiger partial charge < -0.3 is 19.4 Å². The Balaban J connectivity index is 1.34. The van der Waals surface area contributed by atoms with Crippen LogP contribution in [-0.4, -0.2) is 64.1 Å². The van der Waals surface area contributed by atoms with Crippen LogP contribution >= 0.6 is 0 Å². The summed E-state index contributed by atoms with van der Waals surface area (Å²) in [5.41, 5.74) is 2.19. The Morgan fingerprint density at radius 3 is 2.20 bits per heavy atom. The Hall–Kier alpha value is -3.09. The van der Waals surface area contributed by atoms with E-state index in [1.165, 1.54) is 17.7 Å². The van der Waals surface area contributed by atoms with Gasteiger partial charge in [0.25, 0.3) is 0 Å². The smallest absolute Gasteiger partial charge is 0.410 e. The molecule has 7 heteroatoms. The first-order chi connectivity index (χ1) is 16.4. The minimum Gasteiger partial charge on any atom is -0.444 e. The van der Waals surface area contributed by atoms with Gasteiger partial charge in [-0.05, 0) is 75.3 Å². The predicted molar refractivity (Wildman–Crippen MR) is 132 cm³/mol. The molecule has 1 atom stereocenters. The molecule has 0 aromatic heterocycles. The molecule has 2 aromatic rings. The van der Waals surface area contributed by atoms with E-state index in [0.29, 0.717) is 6.54 Å². The molecule has 2 aromatic carbocycles. The second-order valence-electron chi connectivity index (χ2n) is 11.5. The van der Waals surface area contributed by atoms with Crippen LogP contribution in [-0.2, 0) is 11.2 Å². The first kappa shape index (κ1) is 23.6. The summed E-state index contributed by atoms with van der Waals surface area (Å²) >= 11 is 0. The van der Waals surface area contributed by atoms with Crippen molar-refractivity contribution in [3.63, 3.8) is 0 Å². The highest BCUT2D eigenvalue weighted by atomic mass is 19.1. The molecule has 6 rings (SSSR count). The van der Waals surface area contributed by atoms with E-state index in [9.17, 15) is 14.0 Å². The lowest BCUT2D eigenvalue weighted by molar-refractivity contribution is -0.201. The zero-order valence-corrected chi connectivity index (χ0v) is 21.2. The van der Waals surface area contributed by atoms with E-state index < -0.39 is 5.60 Å². The molecule has 3 fully saturated rings. The molecule has 3 saturated carbocycles. The largest absolute Gasteiger partial charge is 0.444 e. The number of hydrogen-bond donors (Lipinski definition) is 0. The minimum atomic E-state index is -0.542. The molecule has 1 aliphatic heterocycles. The fourth-order valence-electron chi connectivity index (χ4n) is 6.09. The average Bonchev–Trinajstić information content (AvgIpc) is 2.75. The molecule has 0 saturated heterocycles. The molecular weight excluding hydrogens is 445 g/mol. The summed E-state index contributed by atoms with van der Waals surface area (Å²) in [6.07, 6.45) is 2.73. The highest BCUT2D eigenvalue weighted by Crippen LogP contribution is 2.66. The molecule has 2 bridgehead atoms. The Bertz CT molecular complexity index is 1140. The van der Waals surface area contributed by atoms with Crippen LogP contribution in [0.1, 0.15) is 62.8 Å². The Kier molecular flexibility index (Phi) is 5.38. The third-order valence-electron chi connectivity index (χ3n) is 8.07. The summed E-state index contributed by atoms with van der Waals surface area (Å²) in [5, 5.41) is 0. The van der Waals surface area contributed by atoms with Crippen molar-refractivity contribution in [1.29, 1.82) is 0 Å². The molecule has 0 radical (unpaired) electrons. The van der Waals surface area contributed by atoms with Crippen LogP contribution in [0.15, 0.2) is 48.5 Å². The number of benzene rings is 2. The second-order valence-corrected chi connectivity index (χ2v) is 11.5. The number of rotatable bonds is 3. The maximum Gasteiger partial charge on any atom is 0.410 e. The van der Waals surface area contributed by atoms with E-state index in [-0.39, 0.29) is 35.1 Å². The zero-order chi connectivity index (χ0) is 25.2. The van der Waals surface area contributed by atoms with Gasteiger partial charge in [0.15, 0.2) is 0 Å². The van der Waals surface area contributed by atoms with Crippen LogP contribution in [0.3, 0.4) is 0 Å². The van der Waals surface area contributed by atoms with E-state index in [2.05, 4.69) is 12.1 Å². The second kappa shape index (κ2) is 7.97. The number of carbonyl (C=O) groups is 2. The van der Waals surface area contributed by atoms with Crippen molar-refractivity contribution in [3.05, 3.63) is 71.0 Å². The zero-order valence-electron chi connectivity index (χ0n) is 21.2. The molecule has 3 amide bonds. The summed E-state index contributed by atoms with van der Waals surface area (Å²) in [6, 6.07) is 14.3. The number of carbonyl (C=O) groups excluding carboxylic acids is 2. The fourth-order valence-corrected chi connectivity index (χ4v) is 6.09. The fraction of sp³-hybridized carbons (Fsp3) is 0.500. The number of ether oxygens (including phenoxy) is 1. The van der Waals surface area contributed by atoms with Gasteiger partial charge in [-0.25, -0.2) is 14.0 Å². The molecule has 35 heavy (non-hydrogen) atoms. The van der Waals surface area contributed by atoms with Gasteiger partial charge >= 0.3 is 12.1 Å². The van der Waals surface area contributed by atoms with E-state index in [0.717, 1.165) is 36.8 Å². The van der Waals surface area contributed by atoms with Gasteiger partial charge in [0.2, 0.25) is 0 Å². The first-order valence-corrected chi connectivity index (χ1v) is 12.3. The minimum absolute atomic E-state index is 0.0259. The SMILES string of the molecule is CN(C(=O)OC(C)(C)C)C12CC(N(C)C(=O)N3CCc4ccccc4[C@@H]3c3ccc(F)cc3)(C1)C2. The van der Waals surface area contributed by atoms with Crippen molar-refractivity contribution in [2.45, 2.75) is 69.2 Å². The number of urea groups is 1. The van der Waals surface area contributed by atoms with E-state index >= 15 is 0 Å². The molecule has 0 N–H and O–H groups in total. The van der Waals surface area contributed by atoms with Crippen LogP contribution in [0.25, 0.3) is 0 Å². The van der Waals surface area contributed by atoms with E-state index in [1.807, 2.05) is 49.8 Å². The van der Waals surface area contributed by atoms with Gasteiger partial charge in [-0.3, -0.25) is 0 Å². The van der Waals surface area contributed by atoms with Crippen LogP contribution in [0, 0.1) is 5.82 Å². The molecule has 186 valence electrons. The quantitative estimate of drug-likeness (QED) is 0.595. The highest BCUT2D eigenvalue weighted by Gasteiger charge is 2.73. The number of nitrogens with zero attached hydrogens (tertiary/aromatic N) is 3. The van der Waals surface area contributed by atoms with Gasteiger partial charge in [-0.1, -0.05) is 36.4 Å². The number of amides is 3. The van der Waals surface area contributed by atoms with E-state index in [4.69, 9.17) is 4.74 Å². The van der Waals surface area contributed by atoms with Crippen LogP contribution < -0.4 is 0 Å². The summed E-state index contributed by atoms with van der Waals surface area (Å²) in [6.45, 7) is 6.19. The summed E-state index contributed by atoms with van der Waals surface area (Å²) in [5.74, 6) is -0.291. The molecular formula is C28H34FN3O3. The van der Waals surface area contributed by atoms with Crippen LogP contribution in [0.2, 0.25) is 0 Å². The molecule has 6 nitrogen and oxygen atoms in total. The number of halogens is 1. The molecule has 4 aliphatic rings. The third kappa shape index (κ3) is 3.85. The van der Waals surface area contributed by atoms with Gasteiger partial charge in [0.1, 0.15) is 11.4 Å². The van der Waals surface area contributed by atoms with Crippen LogP contribution in [0.4, 0.5) is 14.0 Å². The highest BCUT2D eigenvalue weighted by molar-refractivity contribution is 5.78. The maximum absolute atomic E-state index is 13.9. The Labute approximate surface area is 206 Å². The van der Waals surface area contributed by atoms with Crippen LogP contribution in [0.5, 0.6) is 0 Å². The van der Waals surface area contributed by atoms with Crippen molar-refractivity contribution >= 4 is 12.1 Å². The van der Waals surface area contributed by atoms with Gasteiger partial charge in [0.05, 0.1) is 17.1 Å². The lowest BCUT2D eigenvalue weighted by Gasteiger charge is -2.75. The molecule has 0 spiro atoms. The van der Waals surface area contributed by atoms with Gasteiger partial charge in [-0.2, -0.15) is 0 Å². The molecule has 3 aliphatic carbocycles. The van der Waals surface area contributed by atoms with Gasteiger partial charge in [-0.15, -0.1) is 0 Å². The first-order valence-electron chi connectivity index (χ1n) is 12.3. The van der Waals surface area contributed by atoms with Crippen molar-refractivity contribution in [2.24, 2.45) is 0 Å². The lowest BCUT2D eigenvalue weighted by atomic mass is 9.43. The average molecular weight is 480 g/mol. The summed E-state index contributed by atoms with van der Waals surface area (Å²) in [7, 11) is 3.67. The van der Waals surface area contributed by atoms with Gasteiger partial charge in [0, 0.05) is 20.6 Å². The summed E-state index contributed by atoms with van der Waals surface area (Å²) in [4.78, 5) is 32.0. The van der Waals surface area contributed by atoms with E-state index in [1.54, 1.807) is 24.1 Å². The summed E-state index contributed by atoms with van der Waals surface area (Å²) < 4.78 is 19.2. The lowest BCUT2D eigenvalue weighted by Crippen LogP contribution is -2.84. The predicted octanol–water partition coefficient (Wildman–Crippen LogP) is 5.37. The van der Waals surface area contributed by atoms with Crippen molar-refractivity contribution in [1.82, 2.24) is 14.7 Å². The topological polar surface area (TPSA) is 53.1 Å². The monoisotopic (exact) mass is 479 g/mol.